The minimum atomic E-state index is -0.720. The molecule has 2 rings (SSSR count). The van der Waals surface area contributed by atoms with E-state index in [2.05, 4.69) is 32.6 Å². The van der Waals surface area contributed by atoms with Crippen LogP contribution in [0, 0.1) is 5.92 Å². The highest BCUT2D eigenvalue weighted by Crippen LogP contribution is 2.38. The van der Waals surface area contributed by atoms with E-state index in [1.807, 2.05) is 6.92 Å². The highest BCUT2D eigenvalue weighted by molar-refractivity contribution is 6.24. The third kappa shape index (κ3) is 4.73. The summed E-state index contributed by atoms with van der Waals surface area (Å²) in [5, 5.41) is 10.7. The van der Waals surface area contributed by atoms with E-state index in [4.69, 9.17) is 16.3 Å². The van der Waals surface area contributed by atoms with Crippen LogP contribution in [0.15, 0.2) is 35.5 Å². The number of carbonyl (C=O) groups is 1. The first-order valence-corrected chi connectivity index (χ1v) is 9.16. The van der Waals surface area contributed by atoms with Gasteiger partial charge in [-0.1, -0.05) is 29.9 Å². The van der Waals surface area contributed by atoms with Gasteiger partial charge < -0.3 is 9.84 Å². The van der Waals surface area contributed by atoms with E-state index in [1.165, 1.54) is 11.1 Å². The molecule has 0 amide bonds. The van der Waals surface area contributed by atoms with Gasteiger partial charge in [-0.3, -0.25) is 0 Å². The average Bonchev–Trinajstić information content (AvgIpc) is 2.73. The fourth-order valence-corrected chi connectivity index (χ4v) is 3.65. The zero-order chi connectivity index (χ0) is 17.9. The molecule has 1 N–H and O–H groups in total. The SMILES string of the molecule is C=C1C(=O)O[C@H]2C/C(C)=C\CC/C(C)=C\CC[C@](C)(Cl)[C@H](O)C[C@@H]12. The maximum atomic E-state index is 11.9. The lowest BCUT2D eigenvalue weighted by molar-refractivity contribution is -0.139. The molecule has 134 valence electrons. The van der Waals surface area contributed by atoms with Gasteiger partial charge in [0.25, 0.3) is 0 Å². The first-order valence-electron chi connectivity index (χ1n) is 8.78. The zero-order valence-corrected chi connectivity index (χ0v) is 15.7. The summed E-state index contributed by atoms with van der Waals surface area (Å²) in [5.74, 6) is -0.516. The van der Waals surface area contributed by atoms with Crippen molar-refractivity contribution in [1.29, 1.82) is 0 Å². The Morgan fingerprint density at radius 1 is 1.29 bits per heavy atom. The molecule has 0 aromatic rings. The Hall–Kier alpha value is -1.06. The lowest BCUT2D eigenvalue weighted by atomic mass is 9.83. The largest absolute Gasteiger partial charge is 0.458 e. The normalized spacial score (nSPS) is 40.6. The minimum absolute atomic E-state index is 0.172. The van der Waals surface area contributed by atoms with Crippen molar-refractivity contribution in [2.45, 2.75) is 76.4 Å². The van der Waals surface area contributed by atoms with Crippen molar-refractivity contribution >= 4 is 17.6 Å². The molecule has 1 fully saturated rings. The van der Waals surface area contributed by atoms with E-state index >= 15 is 0 Å². The number of rotatable bonds is 0. The maximum absolute atomic E-state index is 11.9. The van der Waals surface area contributed by atoms with Crippen LogP contribution in [-0.2, 0) is 9.53 Å². The first kappa shape index (κ1) is 19.3. The summed E-state index contributed by atoms with van der Waals surface area (Å²) in [5.41, 5.74) is 3.01. The van der Waals surface area contributed by atoms with Crippen LogP contribution in [0.25, 0.3) is 0 Å². The second-order valence-corrected chi connectivity index (χ2v) is 8.35. The molecule has 1 heterocycles. The number of hydrogen-bond acceptors (Lipinski definition) is 3. The number of halogens is 1. The second kappa shape index (κ2) is 7.88. The second-order valence-electron chi connectivity index (χ2n) is 7.49. The molecule has 4 atom stereocenters. The van der Waals surface area contributed by atoms with E-state index in [0.717, 1.165) is 19.3 Å². The Bertz CT molecular complexity index is 559. The van der Waals surface area contributed by atoms with Gasteiger partial charge in [0.1, 0.15) is 6.10 Å². The lowest BCUT2D eigenvalue weighted by Gasteiger charge is -2.31. The summed E-state index contributed by atoms with van der Waals surface area (Å²) in [7, 11) is 0. The molecule has 24 heavy (non-hydrogen) atoms. The fourth-order valence-electron chi connectivity index (χ4n) is 3.45. The molecule has 1 aliphatic heterocycles. The molecule has 0 unspecified atom stereocenters. The van der Waals surface area contributed by atoms with Gasteiger partial charge in [0.05, 0.1) is 11.0 Å². The summed E-state index contributed by atoms with van der Waals surface area (Å²) >= 11 is 6.60. The molecular formula is C20H29ClO3. The van der Waals surface area contributed by atoms with Crippen molar-refractivity contribution in [3.05, 3.63) is 35.5 Å². The Morgan fingerprint density at radius 3 is 2.67 bits per heavy atom. The number of carbonyl (C=O) groups excluding carboxylic acids is 1. The quantitative estimate of drug-likeness (QED) is 0.298. The standard InChI is InChI=1S/C20H29ClO3/c1-13-7-5-8-14(2)11-17-16(15(3)19(23)24-17)12-18(22)20(4,21)10-6-9-13/h8-9,16-18,22H,3,5-7,10-12H2,1-2,4H3/b13-9-,14-8-/t16-,17-,18+,20-/m0/s1. The number of esters is 1. The Kier molecular flexibility index (Phi) is 6.33. The van der Waals surface area contributed by atoms with E-state index in [9.17, 15) is 9.90 Å². The minimum Gasteiger partial charge on any atom is -0.458 e. The number of hydrogen-bond donors (Lipinski definition) is 1. The van der Waals surface area contributed by atoms with E-state index in [0.29, 0.717) is 24.8 Å². The van der Waals surface area contributed by atoms with Crippen LogP contribution in [0.5, 0.6) is 0 Å². The summed E-state index contributed by atoms with van der Waals surface area (Å²) in [6, 6.07) is 0. The number of fused-ring (bicyclic) bond motifs is 1. The fraction of sp³-hybridized carbons (Fsp3) is 0.650. The van der Waals surface area contributed by atoms with E-state index in [1.54, 1.807) is 0 Å². The number of allylic oxidation sites excluding steroid dienone is 3. The number of alkyl halides is 1. The van der Waals surface area contributed by atoms with Gasteiger partial charge in [0.15, 0.2) is 0 Å². The van der Waals surface area contributed by atoms with Gasteiger partial charge in [-0.25, -0.2) is 4.79 Å². The molecule has 3 nitrogen and oxygen atoms in total. The summed E-state index contributed by atoms with van der Waals surface area (Å²) < 4.78 is 5.50. The molecule has 0 aromatic heterocycles. The highest BCUT2D eigenvalue weighted by Gasteiger charge is 2.42. The molecule has 4 heteroatoms. The van der Waals surface area contributed by atoms with Crippen molar-refractivity contribution in [2.75, 3.05) is 0 Å². The number of ether oxygens (including phenoxy) is 1. The zero-order valence-electron chi connectivity index (χ0n) is 15.0. The van der Waals surface area contributed by atoms with Crippen LogP contribution in [0.1, 0.15) is 59.3 Å². The van der Waals surface area contributed by atoms with Crippen molar-refractivity contribution in [3.8, 4) is 0 Å². The van der Waals surface area contributed by atoms with E-state index in [-0.39, 0.29) is 18.0 Å². The highest BCUT2D eigenvalue weighted by atomic mass is 35.5. The molecule has 2 aliphatic rings. The predicted molar refractivity (Wildman–Crippen MR) is 98.0 cm³/mol. The summed E-state index contributed by atoms with van der Waals surface area (Å²) in [6.07, 6.45) is 8.11. The van der Waals surface area contributed by atoms with Crippen molar-refractivity contribution < 1.29 is 14.6 Å². The molecule has 0 saturated carbocycles. The maximum Gasteiger partial charge on any atom is 0.334 e. The van der Waals surface area contributed by atoms with Gasteiger partial charge in [-0.15, -0.1) is 11.6 Å². The molecule has 0 bridgehead atoms. The van der Waals surface area contributed by atoms with Gasteiger partial charge in [0.2, 0.25) is 0 Å². The smallest absolute Gasteiger partial charge is 0.334 e. The molecule has 0 spiro atoms. The Balaban J connectivity index is 2.24. The van der Waals surface area contributed by atoms with Crippen LogP contribution in [-0.4, -0.2) is 28.2 Å². The van der Waals surface area contributed by atoms with Crippen LogP contribution in [0.3, 0.4) is 0 Å². The first-order chi connectivity index (χ1) is 11.2. The Morgan fingerprint density at radius 2 is 1.96 bits per heavy atom. The Labute approximate surface area is 150 Å². The topological polar surface area (TPSA) is 46.5 Å². The summed E-state index contributed by atoms with van der Waals surface area (Å²) in [4.78, 5) is 11.2. The third-order valence-corrected chi connectivity index (χ3v) is 5.71. The third-order valence-electron chi connectivity index (χ3n) is 5.27. The number of aliphatic hydroxyl groups is 1. The molecule has 0 radical (unpaired) electrons. The van der Waals surface area contributed by atoms with Crippen molar-refractivity contribution in [3.63, 3.8) is 0 Å². The van der Waals surface area contributed by atoms with Gasteiger partial charge in [0, 0.05) is 17.9 Å². The van der Waals surface area contributed by atoms with Gasteiger partial charge >= 0.3 is 5.97 Å². The lowest BCUT2D eigenvalue weighted by Crippen LogP contribution is -2.37. The summed E-state index contributed by atoms with van der Waals surface area (Å²) in [6.45, 7) is 9.95. The molecule has 1 saturated heterocycles. The van der Waals surface area contributed by atoms with Crippen LogP contribution in [0.2, 0.25) is 0 Å². The van der Waals surface area contributed by atoms with Crippen LogP contribution < -0.4 is 0 Å². The monoisotopic (exact) mass is 352 g/mol. The molecule has 0 aromatic carbocycles. The number of aliphatic hydroxyl groups excluding tert-OH is 1. The van der Waals surface area contributed by atoms with Gasteiger partial charge in [-0.2, -0.15) is 0 Å². The van der Waals surface area contributed by atoms with Crippen LogP contribution >= 0.6 is 11.6 Å². The van der Waals surface area contributed by atoms with Crippen LogP contribution in [0.4, 0.5) is 0 Å². The van der Waals surface area contributed by atoms with Crippen molar-refractivity contribution in [1.82, 2.24) is 0 Å². The van der Waals surface area contributed by atoms with E-state index < -0.39 is 11.0 Å². The molecular weight excluding hydrogens is 324 g/mol. The molecule has 1 aliphatic carbocycles. The predicted octanol–water partition coefficient (Wildman–Crippen LogP) is 4.69. The van der Waals surface area contributed by atoms with Crippen molar-refractivity contribution in [2.24, 2.45) is 5.92 Å². The average molecular weight is 353 g/mol. The van der Waals surface area contributed by atoms with Gasteiger partial charge in [-0.05, 0) is 52.9 Å².